The minimum absolute atomic E-state index is 0.263. The van der Waals surface area contributed by atoms with E-state index in [1.165, 1.54) is 23.5 Å². The molecule has 1 N–H and O–H groups in total. The van der Waals surface area contributed by atoms with Crippen LogP contribution in [0, 0.1) is 12.7 Å². The third-order valence-electron chi connectivity index (χ3n) is 2.02. The number of thiazole rings is 1. The van der Waals surface area contributed by atoms with E-state index in [0.29, 0.717) is 9.60 Å². The highest BCUT2D eigenvalue weighted by molar-refractivity contribution is 9.10. The van der Waals surface area contributed by atoms with Gasteiger partial charge < -0.3 is 0 Å². The molecular weight excluding hydrogens is 307 g/mol. The van der Waals surface area contributed by atoms with Gasteiger partial charge in [0, 0.05) is 10.9 Å². The number of nitrogens with one attached hydrogen (secondary N) is 1. The van der Waals surface area contributed by atoms with Crippen LogP contribution in [0.5, 0.6) is 0 Å². The first-order valence-corrected chi connectivity index (χ1v) is 6.42. The second kappa shape index (κ2) is 4.93. The van der Waals surface area contributed by atoms with Crippen LogP contribution in [-0.2, 0) is 0 Å². The van der Waals surface area contributed by atoms with E-state index in [-0.39, 0.29) is 11.5 Å². The van der Waals surface area contributed by atoms with E-state index < -0.39 is 5.82 Å². The Bertz CT molecular complexity index is 570. The Balaban J connectivity index is 2.17. The molecule has 0 aliphatic heterocycles. The zero-order valence-corrected chi connectivity index (χ0v) is 11.2. The fraction of sp³-hybridized carbons (Fsp3) is 0.0909. The Morgan fingerprint density at radius 2 is 2.29 bits per heavy atom. The molecule has 3 nitrogen and oxygen atoms in total. The van der Waals surface area contributed by atoms with E-state index in [1.54, 1.807) is 6.07 Å². The highest BCUT2D eigenvalue weighted by atomic mass is 79.9. The van der Waals surface area contributed by atoms with Gasteiger partial charge in [-0.3, -0.25) is 10.1 Å². The van der Waals surface area contributed by atoms with Gasteiger partial charge >= 0.3 is 0 Å². The summed E-state index contributed by atoms with van der Waals surface area (Å²) in [5.41, 5.74) is 1.10. The summed E-state index contributed by atoms with van der Waals surface area (Å²) in [6.07, 6.45) is 0. The monoisotopic (exact) mass is 314 g/mol. The molecular formula is C11H8BrFN2OS. The van der Waals surface area contributed by atoms with Gasteiger partial charge in [-0.1, -0.05) is 0 Å². The maximum Gasteiger partial charge on any atom is 0.257 e. The van der Waals surface area contributed by atoms with Crippen molar-refractivity contribution >= 4 is 38.3 Å². The number of aromatic nitrogens is 1. The number of benzene rings is 1. The number of halogens is 2. The van der Waals surface area contributed by atoms with Crippen molar-refractivity contribution in [3.63, 3.8) is 0 Å². The van der Waals surface area contributed by atoms with Gasteiger partial charge in [0.15, 0.2) is 5.13 Å². The smallest absolute Gasteiger partial charge is 0.257 e. The summed E-state index contributed by atoms with van der Waals surface area (Å²) in [6.45, 7) is 1.84. The van der Waals surface area contributed by atoms with Gasteiger partial charge in [-0.15, -0.1) is 11.3 Å². The number of anilines is 1. The molecule has 0 spiro atoms. The third kappa shape index (κ3) is 2.89. The fourth-order valence-corrected chi connectivity index (χ4v) is 2.15. The number of hydrogen-bond donors (Lipinski definition) is 1. The van der Waals surface area contributed by atoms with Gasteiger partial charge in [0.05, 0.1) is 10.2 Å². The van der Waals surface area contributed by atoms with Gasteiger partial charge in [-0.05, 0) is 41.1 Å². The van der Waals surface area contributed by atoms with E-state index in [9.17, 15) is 9.18 Å². The predicted octanol–water partition coefficient (Wildman–Crippen LogP) is 3.61. The molecule has 88 valence electrons. The van der Waals surface area contributed by atoms with Crippen molar-refractivity contribution in [1.82, 2.24) is 4.98 Å². The molecule has 0 saturated heterocycles. The standard InChI is InChI=1S/C11H8BrFN2OS/c1-6-5-17-11(14-6)15-10(16)7-2-3-8(12)9(13)4-7/h2-5H,1H3,(H,14,15,16). The molecule has 2 rings (SSSR count). The number of rotatable bonds is 2. The van der Waals surface area contributed by atoms with Crippen LogP contribution in [0.25, 0.3) is 0 Å². The largest absolute Gasteiger partial charge is 0.298 e. The Morgan fingerprint density at radius 1 is 1.53 bits per heavy atom. The second-order valence-electron chi connectivity index (χ2n) is 3.38. The molecule has 17 heavy (non-hydrogen) atoms. The van der Waals surface area contributed by atoms with Crippen molar-refractivity contribution in [2.24, 2.45) is 0 Å². The minimum Gasteiger partial charge on any atom is -0.298 e. The quantitative estimate of drug-likeness (QED) is 0.920. The van der Waals surface area contributed by atoms with Gasteiger partial charge in [-0.25, -0.2) is 9.37 Å². The minimum atomic E-state index is -0.465. The maximum absolute atomic E-state index is 13.2. The molecule has 0 aliphatic rings. The molecule has 0 saturated carbocycles. The lowest BCUT2D eigenvalue weighted by Crippen LogP contribution is -2.11. The fourth-order valence-electron chi connectivity index (χ4n) is 1.22. The van der Waals surface area contributed by atoms with E-state index in [2.05, 4.69) is 26.2 Å². The molecule has 6 heteroatoms. The molecule has 0 bridgehead atoms. The van der Waals surface area contributed by atoms with Crippen LogP contribution in [0.15, 0.2) is 28.1 Å². The van der Waals surface area contributed by atoms with Crippen LogP contribution in [0.3, 0.4) is 0 Å². The summed E-state index contributed by atoms with van der Waals surface area (Å²) in [6, 6.07) is 4.22. The van der Waals surface area contributed by atoms with Crippen molar-refractivity contribution in [2.45, 2.75) is 6.92 Å². The topological polar surface area (TPSA) is 42.0 Å². The average Bonchev–Trinajstić information content (AvgIpc) is 2.68. The number of aryl methyl sites for hydroxylation is 1. The van der Waals surface area contributed by atoms with E-state index in [4.69, 9.17) is 0 Å². The van der Waals surface area contributed by atoms with Crippen molar-refractivity contribution in [2.75, 3.05) is 5.32 Å². The zero-order valence-electron chi connectivity index (χ0n) is 8.83. The Morgan fingerprint density at radius 3 is 2.88 bits per heavy atom. The molecule has 0 aliphatic carbocycles. The number of amides is 1. The molecule has 0 atom stereocenters. The van der Waals surface area contributed by atoms with Crippen LogP contribution in [0.2, 0.25) is 0 Å². The average molecular weight is 315 g/mol. The van der Waals surface area contributed by atoms with Crippen molar-refractivity contribution in [3.8, 4) is 0 Å². The highest BCUT2D eigenvalue weighted by Crippen LogP contribution is 2.19. The van der Waals surface area contributed by atoms with Crippen LogP contribution < -0.4 is 5.32 Å². The summed E-state index contributed by atoms with van der Waals surface area (Å²) in [4.78, 5) is 15.9. The maximum atomic E-state index is 13.2. The summed E-state index contributed by atoms with van der Waals surface area (Å²) in [5, 5.41) is 4.95. The number of hydrogen-bond acceptors (Lipinski definition) is 3. The molecule has 1 amide bonds. The predicted molar refractivity (Wildman–Crippen MR) is 68.9 cm³/mol. The van der Waals surface area contributed by atoms with Gasteiger partial charge in [0.2, 0.25) is 0 Å². The lowest BCUT2D eigenvalue weighted by atomic mass is 10.2. The Hall–Kier alpha value is -1.27. The Kier molecular flexibility index (Phi) is 3.54. The van der Waals surface area contributed by atoms with Crippen LogP contribution >= 0.6 is 27.3 Å². The first-order valence-electron chi connectivity index (χ1n) is 4.75. The third-order valence-corrected chi connectivity index (χ3v) is 3.54. The number of carbonyl (C=O) groups is 1. The summed E-state index contributed by atoms with van der Waals surface area (Å²) >= 11 is 4.37. The summed E-state index contributed by atoms with van der Waals surface area (Å²) < 4.78 is 13.6. The lowest BCUT2D eigenvalue weighted by molar-refractivity contribution is 0.102. The molecule has 0 radical (unpaired) electrons. The number of nitrogens with zero attached hydrogens (tertiary/aromatic N) is 1. The molecule has 2 aromatic rings. The second-order valence-corrected chi connectivity index (χ2v) is 5.09. The first kappa shape index (κ1) is 12.2. The lowest BCUT2D eigenvalue weighted by Gasteiger charge is -2.02. The summed E-state index contributed by atoms with van der Waals surface area (Å²) in [7, 11) is 0. The van der Waals surface area contributed by atoms with Gasteiger partial charge in [0.1, 0.15) is 5.82 Å². The van der Waals surface area contributed by atoms with Gasteiger partial charge in [0.25, 0.3) is 5.91 Å². The molecule has 1 heterocycles. The SMILES string of the molecule is Cc1csc(NC(=O)c2ccc(Br)c(F)c2)n1. The normalized spacial score (nSPS) is 10.3. The number of carbonyl (C=O) groups excluding carboxylic acids is 1. The first-order chi connectivity index (χ1) is 8.06. The molecule has 1 aromatic carbocycles. The van der Waals surface area contributed by atoms with Crippen molar-refractivity contribution in [1.29, 1.82) is 0 Å². The highest BCUT2D eigenvalue weighted by Gasteiger charge is 2.10. The molecule has 1 aromatic heterocycles. The van der Waals surface area contributed by atoms with Crippen LogP contribution in [0.4, 0.5) is 9.52 Å². The summed E-state index contributed by atoms with van der Waals surface area (Å²) in [5.74, 6) is -0.835. The van der Waals surface area contributed by atoms with E-state index >= 15 is 0 Å². The molecule has 0 unspecified atom stereocenters. The van der Waals surface area contributed by atoms with E-state index in [0.717, 1.165) is 5.69 Å². The zero-order chi connectivity index (χ0) is 12.4. The van der Waals surface area contributed by atoms with Gasteiger partial charge in [-0.2, -0.15) is 0 Å². The van der Waals surface area contributed by atoms with Crippen LogP contribution in [0.1, 0.15) is 16.1 Å². The van der Waals surface area contributed by atoms with Crippen molar-refractivity contribution in [3.05, 3.63) is 45.1 Å². The van der Waals surface area contributed by atoms with Crippen LogP contribution in [-0.4, -0.2) is 10.9 Å². The van der Waals surface area contributed by atoms with E-state index in [1.807, 2.05) is 12.3 Å². The van der Waals surface area contributed by atoms with Crippen molar-refractivity contribution < 1.29 is 9.18 Å². The molecule has 0 fully saturated rings. The Labute approximate surface area is 110 Å².